The Labute approximate surface area is 141 Å². The molecule has 3 rings (SSSR count). The fourth-order valence-electron chi connectivity index (χ4n) is 2.06. The lowest BCUT2D eigenvalue weighted by molar-refractivity contribution is -0.118. The molecule has 0 atom stereocenters. The van der Waals surface area contributed by atoms with Crippen LogP contribution in [0.1, 0.15) is 10.6 Å². The van der Waals surface area contributed by atoms with Crippen LogP contribution in [0.15, 0.2) is 48.5 Å². The molecule has 0 fully saturated rings. The summed E-state index contributed by atoms with van der Waals surface area (Å²) in [6.45, 7) is 0.454. The molecule has 0 unspecified atom stereocenters. The molecule has 0 aliphatic rings. The number of nitrogens with zero attached hydrogens (tertiary/aromatic N) is 1. The van der Waals surface area contributed by atoms with Gasteiger partial charge in [0.05, 0.1) is 22.5 Å². The minimum absolute atomic E-state index is 0.0173. The molecular formula is C17H15FN2OS2. The Hall–Kier alpha value is -1.92. The van der Waals surface area contributed by atoms with Crippen LogP contribution in [0.3, 0.4) is 0 Å². The summed E-state index contributed by atoms with van der Waals surface area (Å²) in [6.07, 6.45) is 0. The summed E-state index contributed by atoms with van der Waals surface area (Å²) in [4.78, 5) is 16.3. The van der Waals surface area contributed by atoms with Crippen LogP contribution in [-0.2, 0) is 17.1 Å². The van der Waals surface area contributed by atoms with E-state index in [0.29, 0.717) is 18.1 Å². The summed E-state index contributed by atoms with van der Waals surface area (Å²) in [5, 5.41) is 3.79. The lowest BCUT2D eigenvalue weighted by Crippen LogP contribution is -2.24. The largest absolute Gasteiger partial charge is 0.349 e. The van der Waals surface area contributed by atoms with Crippen molar-refractivity contribution < 1.29 is 9.18 Å². The van der Waals surface area contributed by atoms with Gasteiger partial charge in [-0.1, -0.05) is 24.3 Å². The van der Waals surface area contributed by atoms with E-state index in [2.05, 4.69) is 10.3 Å². The molecular weight excluding hydrogens is 331 g/mol. The highest BCUT2D eigenvalue weighted by Gasteiger charge is 2.06. The molecule has 3 nitrogen and oxygen atoms in total. The number of carbonyl (C=O) groups excluding carboxylic acids is 1. The Morgan fingerprint density at radius 3 is 2.74 bits per heavy atom. The second-order valence-electron chi connectivity index (χ2n) is 4.97. The molecule has 0 aliphatic carbocycles. The Morgan fingerprint density at radius 1 is 1.17 bits per heavy atom. The second kappa shape index (κ2) is 7.57. The maximum absolute atomic E-state index is 12.8. The summed E-state index contributed by atoms with van der Waals surface area (Å²) >= 11 is 3.10. The van der Waals surface area contributed by atoms with Gasteiger partial charge < -0.3 is 5.32 Å². The van der Waals surface area contributed by atoms with Gasteiger partial charge in [-0.25, -0.2) is 9.37 Å². The van der Waals surface area contributed by atoms with Crippen molar-refractivity contribution in [2.24, 2.45) is 0 Å². The summed E-state index contributed by atoms with van der Waals surface area (Å²) in [7, 11) is 0. The normalized spacial score (nSPS) is 10.8. The Balaban J connectivity index is 1.43. The van der Waals surface area contributed by atoms with Crippen molar-refractivity contribution in [3.05, 3.63) is 64.9 Å². The van der Waals surface area contributed by atoms with Crippen molar-refractivity contribution in [2.75, 3.05) is 5.75 Å². The van der Waals surface area contributed by atoms with Crippen LogP contribution < -0.4 is 5.32 Å². The van der Waals surface area contributed by atoms with Gasteiger partial charge in [-0.05, 0) is 29.8 Å². The van der Waals surface area contributed by atoms with E-state index in [4.69, 9.17) is 0 Å². The van der Waals surface area contributed by atoms with Crippen LogP contribution in [0.25, 0.3) is 10.2 Å². The maximum Gasteiger partial charge on any atom is 0.230 e. The van der Waals surface area contributed by atoms with Crippen molar-refractivity contribution >= 4 is 39.2 Å². The molecule has 0 bridgehead atoms. The highest BCUT2D eigenvalue weighted by Crippen LogP contribution is 2.21. The van der Waals surface area contributed by atoms with Gasteiger partial charge in [-0.2, -0.15) is 0 Å². The number of hydrogen-bond donors (Lipinski definition) is 1. The molecule has 1 heterocycles. The van der Waals surface area contributed by atoms with Crippen LogP contribution >= 0.6 is 23.1 Å². The number of aromatic nitrogens is 1. The first-order valence-electron chi connectivity index (χ1n) is 7.14. The molecule has 118 valence electrons. The Morgan fingerprint density at radius 2 is 1.96 bits per heavy atom. The molecule has 2 aromatic carbocycles. The van der Waals surface area contributed by atoms with Crippen molar-refractivity contribution in [1.82, 2.24) is 10.3 Å². The van der Waals surface area contributed by atoms with Gasteiger partial charge in [0.15, 0.2) is 0 Å². The number of benzene rings is 2. The van der Waals surface area contributed by atoms with E-state index in [1.54, 1.807) is 23.5 Å². The Kier molecular flexibility index (Phi) is 5.25. The predicted molar refractivity (Wildman–Crippen MR) is 94.0 cm³/mol. The number of nitrogens with one attached hydrogen (secondary N) is 1. The molecule has 0 saturated heterocycles. The third-order valence-corrected chi connectivity index (χ3v) is 5.23. The first-order chi connectivity index (χ1) is 11.2. The van der Waals surface area contributed by atoms with Crippen molar-refractivity contribution in [3.63, 3.8) is 0 Å². The van der Waals surface area contributed by atoms with E-state index in [0.717, 1.165) is 20.8 Å². The maximum atomic E-state index is 12.8. The zero-order valence-corrected chi connectivity index (χ0v) is 13.9. The van der Waals surface area contributed by atoms with Crippen LogP contribution in [0.4, 0.5) is 4.39 Å². The molecule has 1 N–H and O–H groups in total. The molecule has 0 radical (unpaired) electrons. The smallest absolute Gasteiger partial charge is 0.230 e. The highest BCUT2D eigenvalue weighted by molar-refractivity contribution is 7.99. The zero-order chi connectivity index (χ0) is 16.1. The number of carbonyl (C=O) groups is 1. The van der Waals surface area contributed by atoms with Crippen molar-refractivity contribution in [2.45, 2.75) is 12.3 Å². The van der Waals surface area contributed by atoms with Gasteiger partial charge in [0.1, 0.15) is 10.8 Å². The summed E-state index contributed by atoms with van der Waals surface area (Å²) < 4.78 is 13.9. The zero-order valence-electron chi connectivity index (χ0n) is 12.3. The van der Waals surface area contributed by atoms with Crippen LogP contribution in [0, 0.1) is 5.82 Å². The summed E-state index contributed by atoms with van der Waals surface area (Å²) in [6, 6.07) is 14.3. The number of halogens is 1. The van der Waals surface area contributed by atoms with E-state index in [-0.39, 0.29) is 11.7 Å². The predicted octanol–water partition coefficient (Wildman–Crippen LogP) is 3.99. The topological polar surface area (TPSA) is 42.0 Å². The second-order valence-corrected chi connectivity index (χ2v) is 7.07. The average molecular weight is 346 g/mol. The fourth-order valence-corrected chi connectivity index (χ4v) is 3.79. The number of rotatable bonds is 6. The third kappa shape index (κ3) is 4.53. The van der Waals surface area contributed by atoms with Gasteiger partial charge in [-0.3, -0.25) is 4.79 Å². The number of amides is 1. The molecule has 0 saturated carbocycles. The fraction of sp³-hybridized carbons (Fsp3) is 0.176. The van der Waals surface area contributed by atoms with Gasteiger partial charge >= 0.3 is 0 Å². The minimum Gasteiger partial charge on any atom is -0.349 e. The van der Waals surface area contributed by atoms with Crippen molar-refractivity contribution in [1.29, 1.82) is 0 Å². The van der Waals surface area contributed by atoms with E-state index >= 15 is 0 Å². The van der Waals surface area contributed by atoms with Gasteiger partial charge in [0.2, 0.25) is 5.91 Å². The summed E-state index contributed by atoms with van der Waals surface area (Å²) in [5.74, 6) is 0.806. The third-order valence-electron chi connectivity index (χ3n) is 3.19. The van der Waals surface area contributed by atoms with Gasteiger partial charge in [0.25, 0.3) is 0 Å². The molecule has 1 amide bonds. The number of hydrogen-bond acceptors (Lipinski definition) is 4. The van der Waals surface area contributed by atoms with Gasteiger partial charge in [-0.15, -0.1) is 23.1 Å². The quantitative estimate of drug-likeness (QED) is 0.734. The summed E-state index contributed by atoms with van der Waals surface area (Å²) in [5.41, 5.74) is 1.97. The molecule has 6 heteroatoms. The molecule has 1 aromatic heterocycles. The van der Waals surface area contributed by atoms with E-state index < -0.39 is 0 Å². The monoisotopic (exact) mass is 346 g/mol. The SMILES string of the molecule is O=C(CSCc1ccc(F)cc1)NCc1nc2ccccc2s1. The van der Waals surface area contributed by atoms with E-state index in [1.165, 1.54) is 23.9 Å². The lowest BCUT2D eigenvalue weighted by Gasteiger charge is -2.03. The number of fused-ring (bicyclic) bond motifs is 1. The average Bonchev–Trinajstić information content (AvgIpc) is 2.98. The van der Waals surface area contributed by atoms with Crippen LogP contribution in [-0.4, -0.2) is 16.6 Å². The first kappa shape index (κ1) is 16.0. The molecule has 23 heavy (non-hydrogen) atoms. The Bertz CT molecular complexity index is 769. The molecule has 0 spiro atoms. The molecule has 3 aromatic rings. The van der Waals surface area contributed by atoms with Crippen molar-refractivity contribution in [3.8, 4) is 0 Å². The minimum atomic E-state index is -0.243. The number of thiazole rings is 1. The standard InChI is InChI=1S/C17H15FN2OS2/c18-13-7-5-12(6-8-13)10-22-11-16(21)19-9-17-20-14-3-1-2-4-15(14)23-17/h1-8H,9-11H2,(H,19,21). The van der Waals surface area contributed by atoms with E-state index in [1.807, 2.05) is 24.3 Å². The number of thioether (sulfide) groups is 1. The van der Waals surface area contributed by atoms with Crippen LogP contribution in [0.2, 0.25) is 0 Å². The van der Waals surface area contributed by atoms with Crippen LogP contribution in [0.5, 0.6) is 0 Å². The molecule has 0 aliphatic heterocycles. The first-order valence-corrected chi connectivity index (χ1v) is 9.11. The number of para-hydroxylation sites is 1. The highest BCUT2D eigenvalue weighted by atomic mass is 32.2. The van der Waals surface area contributed by atoms with E-state index in [9.17, 15) is 9.18 Å². The lowest BCUT2D eigenvalue weighted by atomic mass is 10.2. The van der Waals surface area contributed by atoms with Gasteiger partial charge in [0, 0.05) is 5.75 Å².